The summed E-state index contributed by atoms with van der Waals surface area (Å²) in [5.41, 5.74) is 3.96. The number of rotatable bonds is 3. The number of aryl methyl sites for hydroxylation is 2. The molecule has 1 aromatic carbocycles. The summed E-state index contributed by atoms with van der Waals surface area (Å²) in [5.74, 6) is 1.33. The summed E-state index contributed by atoms with van der Waals surface area (Å²) < 4.78 is 5.95. The van der Waals surface area contributed by atoms with Gasteiger partial charge in [0.25, 0.3) is 0 Å². The van der Waals surface area contributed by atoms with Crippen molar-refractivity contribution in [2.45, 2.75) is 13.8 Å². The lowest BCUT2D eigenvalue weighted by molar-refractivity contribution is 0.481. The second-order valence-corrected chi connectivity index (χ2v) is 5.47. The number of nitrogens with zero attached hydrogens (tertiary/aromatic N) is 2. The van der Waals surface area contributed by atoms with Gasteiger partial charge in [0.1, 0.15) is 16.6 Å². The van der Waals surface area contributed by atoms with Gasteiger partial charge in [0.15, 0.2) is 5.75 Å². The summed E-state index contributed by atoms with van der Waals surface area (Å²) in [5, 5.41) is 0.398. The first-order chi connectivity index (χ1) is 10.6. The highest BCUT2D eigenvalue weighted by Gasteiger charge is 2.10. The van der Waals surface area contributed by atoms with Crippen molar-refractivity contribution >= 4 is 11.6 Å². The molecule has 110 valence electrons. The second kappa shape index (κ2) is 6.16. The third-order valence-corrected chi connectivity index (χ3v) is 3.42. The molecule has 0 N–H and O–H groups in total. The van der Waals surface area contributed by atoms with Crippen molar-refractivity contribution in [2.24, 2.45) is 0 Å². The Morgan fingerprint density at radius 3 is 2.64 bits per heavy atom. The number of hydrogen-bond acceptors (Lipinski definition) is 3. The average Bonchev–Trinajstić information content (AvgIpc) is 2.49. The van der Waals surface area contributed by atoms with E-state index in [1.807, 2.05) is 31.2 Å². The second-order valence-electron chi connectivity index (χ2n) is 5.09. The SMILES string of the molecule is Cc1cccc(-c2nc(C)ccc2Oc2ccnc(Cl)c2)c1. The molecular weight excluding hydrogens is 296 g/mol. The molecule has 0 unspecified atom stereocenters. The summed E-state index contributed by atoms with van der Waals surface area (Å²) in [4.78, 5) is 8.59. The van der Waals surface area contributed by atoms with Crippen LogP contribution in [0.25, 0.3) is 11.3 Å². The predicted octanol–water partition coefficient (Wildman–Crippen LogP) is 5.21. The molecule has 3 rings (SSSR count). The van der Waals surface area contributed by atoms with E-state index >= 15 is 0 Å². The van der Waals surface area contributed by atoms with E-state index in [1.165, 1.54) is 5.56 Å². The van der Waals surface area contributed by atoms with Gasteiger partial charge in [-0.05, 0) is 38.1 Å². The van der Waals surface area contributed by atoms with Gasteiger partial charge in [-0.2, -0.15) is 0 Å². The first kappa shape index (κ1) is 14.5. The Morgan fingerprint density at radius 1 is 1.00 bits per heavy atom. The molecule has 3 aromatic rings. The standard InChI is InChI=1S/C18H15ClN2O/c1-12-4-3-5-14(10-12)18-16(7-6-13(2)21-18)22-15-8-9-20-17(19)11-15/h3-11H,1-2H3. The van der Waals surface area contributed by atoms with Gasteiger partial charge in [-0.3, -0.25) is 0 Å². The third kappa shape index (κ3) is 3.26. The minimum Gasteiger partial charge on any atom is -0.455 e. The van der Waals surface area contributed by atoms with Crippen LogP contribution in [0.5, 0.6) is 11.5 Å². The number of ether oxygens (including phenoxy) is 1. The van der Waals surface area contributed by atoms with E-state index in [0.717, 1.165) is 17.0 Å². The Morgan fingerprint density at radius 2 is 1.86 bits per heavy atom. The number of pyridine rings is 2. The molecule has 0 fully saturated rings. The number of hydrogen-bond donors (Lipinski definition) is 0. The Balaban J connectivity index is 2.05. The van der Waals surface area contributed by atoms with E-state index in [9.17, 15) is 0 Å². The van der Waals surface area contributed by atoms with E-state index in [1.54, 1.807) is 18.3 Å². The number of halogens is 1. The lowest BCUT2D eigenvalue weighted by atomic mass is 10.1. The zero-order valence-corrected chi connectivity index (χ0v) is 13.1. The van der Waals surface area contributed by atoms with E-state index < -0.39 is 0 Å². The number of aromatic nitrogens is 2. The van der Waals surface area contributed by atoms with Gasteiger partial charge < -0.3 is 4.74 Å². The van der Waals surface area contributed by atoms with Crippen molar-refractivity contribution in [3.63, 3.8) is 0 Å². The van der Waals surface area contributed by atoms with Crippen molar-refractivity contribution in [1.29, 1.82) is 0 Å². The van der Waals surface area contributed by atoms with Crippen LogP contribution in [0, 0.1) is 13.8 Å². The molecule has 0 aliphatic rings. The van der Waals surface area contributed by atoms with Crippen LogP contribution in [-0.2, 0) is 0 Å². The summed E-state index contributed by atoms with van der Waals surface area (Å²) >= 11 is 5.91. The predicted molar refractivity (Wildman–Crippen MR) is 88.5 cm³/mol. The third-order valence-electron chi connectivity index (χ3n) is 3.21. The highest BCUT2D eigenvalue weighted by molar-refractivity contribution is 6.29. The molecule has 3 nitrogen and oxygen atoms in total. The minimum absolute atomic E-state index is 0.398. The fourth-order valence-electron chi connectivity index (χ4n) is 2.20. The van der Waals surface area contributed by atoms with Crippen molar-refractivity contribution in [3.8, 4) is 22.8 Å². The summed E-state index contributed by atoms with van der Waals surface area (Å²) in [6.45, 7) is 4.02. The van der Waals surface area contributed by atoms with Crippen molar-refractivity contribution < 1.29 is 4.74 Å². The van der Waals surface area contributed by atoms with E-state index in [-0.39, 0.29) is 0 Å². The molecule has 0 saturated heterocycles. The quantitative estimate of drug-likeness (QED) is 0.623. The average molecular weight is 311 g/mol. The smallest absolute Gasteiger partial charge is 0.153 e. The molecule has 22 heavy (non-hydrogen) atoms. The Kier molecular flexibility index (Phi) is 4.07. The zero-order chi connectivity index (χ0) is 15.5. The minimum atomic E-state index is 0.398. The highest BCUT2D eigenvalue weighted by Crippen LogP contribution is 2.32. The van der Waals surface area contributed by atoms with Crippen LogP contribution in [0.2, 0.25) is 5.15 Å². The van der Waals surface area contributed by atoms with Crippen LogP contribution in [0.1, 0.15) is 11.3 Å². The van der Waals surface area contributed by atoms with Crippen LogP contribution in [0.3, 0.4) is 0 Å². The molecule has 2 aromatic heterocycles. The maximum Gasteiger partial charge on any atom is 0.153 e. The van der Waals surface area contributed by atoms with Gasteiger partial charge in [0, 0.05) is 23.5 Å². The Bertz CT molecular complexity index is 818. The van der Waals surface area contributed by atoms with E-state index in [0.29, 0.717) is 16.7 Å². The van der Waals surface area contributed by atoms with Gasteiger partial charge in [0.05, 0.1) is 0 Å². The molecule has 0 radical (unpaired) electrons. The fourth-order valence-corrected chi connectivity index (χ4v) is 2.36. The van der Waals surface area contributed by atoms with Crippen LogP contribution < -0.4 is 4.74 Å². The van der Waals surface area contributed by atoms with Crippen LogP contribution in [0.15, 0.2) is 54.7 Å². The molecule has 0 aliphatic carbocycles. The van der Waals surface area contributed by atoms with Gasteiger partial charge in [0.2, 0.25) is 0 Å². The monoisotopic (exact) mass is 310 g/mol. The molecule has 0 amide bonds. The largest absolute Gasteiger partial charge is 0.455 e. The van der Waals surface area contributed by atoms with Gasteiger partial charge in [-0.1, -0.05) is 35.4 Å². The summed E-state index contributed by atoms with van der Waals surface area (Å²) in [7, 11) is 0. The highest BCUT2D eigenvalue weighted by atomic mass is 35.5. The molecule has 0 spiro atoms. The van der Waals surface area contributed by atoms with E-state index in [4.69, 9.17) is 16.3 Å². The maximum absolute atomic E-state index is 5.95. The van der Waals surface area contributed by atoms with Crippen LogP contribution in [0.4, 0.5) is 0 Å². The molecule has 4 heteroatoms. The normalized spacial score (nSPS) is 10.5. The van der Waals surface area contributed by atoms with Gasteiger partial charge in [-0.25, -0.2) is 9.97 Å². The molecule has 0 bridgehead atoms. The first-order valence-corrected chi connectivity index (χ1v) is 7.34. The van der Waals surface area contributed by atoms with Gasteiger partial charge >= 0.3 is 0 Å². The number of benzene rings is 1. The topological polar surface area (TPSA) is 35.0 Å². The molecular formula is C18H15ClN2O. The summed E-state index contributed by atoms with van der Waals surface area (Å²) in [6, 6.07) is 15.5. The van der Waals surface area contributed by atoms with Crippen LogP contribution >= 0.6 is 11.6 Å². The maximum atomic E-state index is 5.95. The summed E-state index contributed by atoms with van der Waals surface area (Å²) in [6.07, 6.45) is 1.62. The molecule has 2 heterocycles. The van der Waals surface area contributed by atoms with Crippen molar-refractivity contribution in [3.05, 3.63) is 71.1 Å². The molecule has 0 saturated carbocycles. The fraction of sp³-hybridized carbons (Fsp3) is 0.111. The van der Waals surface area contributed by atoms with Crippen molar-refractivity contribution in [2.75, 3.05) is 0 Å². The van der Waals surface area contributed by atoms with Gasteiger partial charge in [-0.15, -0.1) is 0 Å². The van der Waals surface area contributed by atoms with Crippen LogP contribution in [-0.4, -0.2) is 9.97 Å². The lowest BCUT2D eigenvalue weighted by Gasteiger charge is -2.12. The molecule has 0 atom stereocenters. The zero-order valence-electron chi connectivity index (χ0n) is 12.4. The lowest BCUT2D eigenvalue weighted by Crippen LogP contribution is -1.94. The van der Waals surface area contributed by atoms with E-state index in [2.05, 4.69) is 29.0 Å². The van der Waals surface area contributed by atoms with Crippen molar-refractivity contribution in [1.82, 2.24) is 9.97 Å². The Hall–Kier alpha value is -2.39. The molecule has 0 aliphatic heterocycles. The first-order valence-electron chi connectivity index (χ1n) is 6.96. The Labute approximate surface area is 134 Å².